The van der Waals surface area contributed by atoms with Crippen LogP contribution in [0.5, 0.6) is 0 Å². The fourth-order valence-electron chi connectivity index (χ4n) is 2.96. The molecule has 0 saturated heterocycles. The van der Waals surface area contributed by atoms with E-state index in [4.69, 9.17) is 0 Å². The Labute approximate surface area is 141 Å². The van der Waals surface area contributed by atoms with Crippen LogP contribution in [0.2, 0.25) is 0 Å². The Morgan fingerprint density at radius 1 is 1.17 bits per heavy atom. The van der Waals surface area contributed by atoms with E-state index >= 15 is 0 Å². The third-order valence-corrected chi connectivity index (χ3v) is 4.49. The normalized spacial score (nSPS) is 11.0. The lowest BCUT2D eigenvalue weighted by atomic mass is 10.1. The number of rotatable bonds is 4. The van der Waals surface area contributed by atoms with Crippen molar-refractivity contribution in [3.05, 3.63) is 70.7 Å². The molecule has 0 unspecified atom stereocenters. The van der Waals surface area contributed by atoms with Gasteiger partial charge < -0.3 is 9.88 Å². The van der Waals surface area contributed by atoms with Gasteiger partial charge in [0.05, 0.1) is 0 Å². The van der Waals surface area contributed by atoms with Gasteiger partial charge in [-0.05, 0) is 62.2 Å². The molecule has 0 fully saturated rings. The van der Waals surface area contributed by atoms with Crippen molar-refractivity contribution in [2.24, 2.45) is 0 Å². The summed E-state index contributed by atoms with van der Waals surface area (Å²) in [5.74, 6) is -0.322. The fraction of sp³-hybridized carbons (Fsp3) is 0.250. The SMILES string of the molecule is CCN(Cc1cccc(F)c1)C(=O)c1ccc2[nH]c(C)c(C)c2c1. The molecule has 0 saturated carbocycles. The topological polar surface area (TPSA) is 36.1 Å². The lowest BCUT2D eigenvalue weighted by Gasteiger charge is -2.21. The van der Waals surface area contributed by atoms with Gasteiger partial charge in [-0.2, -0.15) is 0 Å². The van der Waals surface area contributed by atoms with Crippen molar-refractivity contribution >= 4 is 16.8 Å². The van der Waals surface area contributed by atoms with Crippen molar-refractivity contribution in [1.29, 1.82) is 0 Å². The molecule has 0 aliphatic carbocycles. The summed E-state index contributed by atoms with van der Waals surface area (Å²) >= 11 is 0. The van der Waals surface area contributed by atoms with Gasteiger partial charge in [0.2, 0.25) is 0 Å². The molecule has 0 aliphatic rings. The quantitative estimate of drug-likeness (QED) is 0.749. The number of benzene rings is 2. The van der Waals surface area contributed by atoms with Gasteiger partial charge >= 0.3 is 0 Å². The van der Waals surface area contributed by atoms with Crippen LogP contribution in [0.4, 0.5) is 4.39 Å². The van der Waals surface area contributed by atoms with Gasteiger partial charge in [-0.3, -0.25) is 4.79 Å². The van der Waals surface area contributed by atoms with E-state index in [1.165, 1.54) is 12.1 Å². The molecule has 24 heavy (non-hydrogen) atoms. The first-order valence-electron chi connectivity index (χ1n) is 8.12. The van der Waals surface area contributed by atoms with Gasteiger partial charge in [-0.25, -0.2) is 4.39 Å². The van der Waals surface area contributed by atoms with Crippen LogP contribution in [0.3, 0.4) is 0 Å². The number of hydrogen-bond donors (Lipinski definition) is 1. The van der Waals surface area contributed by atoms with E-state index in [-0.39, 0.29) is 11.7 Å². The van der Waals surface area contributed by atoms with Gasteiger partial charge in [0.25, 0.3) is 5.91 Å². The third-order valence-electron chi connectivity index (χ3n) is 4.49. The molecule has 0 aliphatic heterocycles. The van der Waals surface area contributed by atoms with E-state index < -0.39 is 0 Å². The summed E-state index contributed by atoms with van der Waals surface area (Å²) in [7, 11) is 0. The number of aromatic nitrogens is 1. The van der Waals surface area contributed by atoms with Gasteiger partial charge in [0, 0.05) is 35.2 Å². The minimum atomic E-state index is -0.282. The molecule has 2 aromatic carbocycles. The molecular weight excluding hydrogens is 303 g/mol. The van der Waals surface area contributed by atoms with Crippen LogP contribution in [0.1, 0.15) is 34.1 Å². The third kappa shape index (κ3) is 3.04. The summed E-state index contributed by atoms with van der Waals surface area (Å²) in [6.45, 7) is 6.97. The van der Waals surface area contributed by atoms with Crippen molar-refractivity contribution in [2.75, 3.05) is 6.54 Å². The van der Waals surface area contributed by atoms with E-state index in [2.05, 4.69) is 4.98 Å². The predicted molar refractivity (Wildman–Crippen MR) is 94.6 cm³/mol. The number of aryl methyl sites for hydroxylation is 2. The highest BCUT2D eigenvalue weighted by Crippen LogP contribution is 2.23. The molecule has 1 N–H and O–H groups in total. The zero-order valence-corrected chi connectivity index (χ0v) is 14.2. The first-order valence-corrected chi connectivity index (χ1v) is 8.12. The highest BCUT2D eigenvalue weighted by molar-refractivity contribution is 5.99. The summed E-state index contributed by atoms with van der Waals surface area (Å²) in [6, 6.07) is 12.1. The zero-order valence-electron chi connectivity index (χ0n) is 14.2. The van der Waals surface area contributed by atoms with Crippen LogP contribution in [0.25, 0.3) is 10.9 Å². The maximum atomic E-state index is 13.4. The Balaban J connectivity index is 1.89. The largest absolute Gasteiger partial charge is 0.358 e. The number of aromatic amines is 1. The maximum Gasteiger partial charge on any atom is 0.254 e. The van der Waals surface area contributed by atoms with Crippen LogP contribution in [0.15, 0.2) is 42.5 Å². The van der Waals surface area contributed by atoms with Crippen LogP contribution < -0.4 is 0 Å². The molecule has 0 bridgehead atoms. The van der Waals surface area contributed by atoms with Crippen LogP contribution in [-0.4, -0.2) is 22.3 Å². The highest BCUT2D eigenvalue weighted by atomic mass is 19.1. The first kappa shape index (κ1) is 16.2. The second-order valence-corrected chi connectivity index (χ2v) is 6.08. The number of nitrogens with zero attached hydrogens (tertiary/aromatic N) is 1. The van der Waals surface area contributed by atoms with Gasteiger partial charge in [0.1, 0.15) is 5.82 Å². The van der Waals surface area contributed by atoms with Gasteiger partial charge in [0.15, 0.2) is 0 Å². The van der Waals surface area contributed by atoms with E-state index in [1.807, 2.05) is 45.0 Å². The number of halogens is 1. The molecule has 1 heterocycles. The Morgan fingerprint density at radius 3 is 2.67 bits per heavy atom. The molecule has 0 spiro atoms. The molecule has 0 radical (unpaired) electrons. The summed E-state index contributed by atoms with van der Waals surface area (Å²) in [5.41, 5.74) is 4.76. The minimum absolute atomic E-state index is 0.0399. The number of nitrogens with one attached hydrogen (secondary N) is 1. The number of H-pyrrole nitrogens is 1. The van der Waals surface area contributed by atoms with Crippen LogP contribution >= 0.6 is 0 Å². The van der Waals surface area contributed by atoms with Gasteiger partial charge in [-0.1, -0.05) is 12.1 Å². The number of amides is 1. The molecule has 0 atom stereocenters. The predicted octanol–water partition coefficient (Wildman–Crippen LogP) is 4.59. The smallest absolute Gasteiger partial charge is 0.254 e. The second-order valence-electron chi connectivity index (χ2n) is 6.08. The molecule has 1 aromatic heterocycles. The first-order chi connectivity index (χ1) is 11.5. The van der Waals surface area contributed by atoms with Crippen molar-refractivity contribution in [3.8, 4) is 0 Å². The standard InChI is InChI=1S/C20H21FN2O/c1-4-23(12-15-6-5-7-17(21)10-15)20(24)16-8-9-19-18(11-16)13(2)14(3)22-19/h5-11,22H,4,12H2,1-3H3. The van der Waals surface area contributed by atoms with Crippen molar-refractivity contribution in [1.82, 2.24) is 9.88 Å². The van der Waals surface area contributed by atoms with Crippen molar-refractivity contribution in [3.63, 3.8) is 0 Å². The summed E-state index contributed by atoms with van der Waals surface area (Å²) < 4.78 is 13.4. The lowest BCUT2D eigenvalue weighted by Crippen LogP contribution is -2.30. The van der Waals surface area contributed by atoms with E-state index in [0.29, 0.717) is 18.7 Å². The van der Waals surface area contributed by atoms with Crippen LogP contribution in [0, 0.1) is 19.7 Å². The molecule has 4 heteroatoms. The van der Waals surface area contributed by atoms with Crippen molar-refractivity contribution in [2.45, 2.75) is 27.3 Å². The van der Waals surface area contributed by atoms with Crippen molar-refractivity contribution < 1.29 is 9.18 Å². The molecular formula is C20H21FN2O. The Hall–Kier alpha value is -2.62. The summed E-state index contributed by atoms with van der Waals surface area (Å²) in [5, 5.41) is 1.07. The Kier molecular flexibility index (Phi) is 4.38. The average Bonchev–Trinajstić information content (AvgIpc) is 2.86. The lowest BCUT2D eigenvalue weighted by molar-refractivity contribution is 0.0752. The Morgan fingerprint density at radius 2 is 1.96 bits per heavy atom. The number of carbonyl (C=O) groups excluding carboxylic acids is 1. The summed E-state index contributed by atoms with van der Waals surface area (Å²) in [4.78, 5) is 17.9. The second kappa shape index (κ2) is 6.48. The van der Waals surface area contributed by atoms with Crippen LogP contribution in [-0.2, 0) is 6.54 Å². The van der Waals surface area contributed by atoms with E-state index in [0.717, 1.165) is 27.7 Å². The molecule has 3 rings (SSSR count). The molecule has 3 nitrogen and oxygen atoms in total. The fourth-order valence-corrected chi connectivity index (χ4v) is 2.96. The minimum Gasteiger partial charge on any atom is -0.358 e. The average molecular weight is 324 g/mol. The highest BCUT2D eigenvalue weighted by Gasteiger charge is 2.16. The van der Waals surface area contributed by atoms with E-state index in [9.17, 15) is 9.18 Å². The molecule has 3 aromatic rings. The Bertz CT molecular complexity index is 898. The number of carbonyl (C=O) groups is 1. The number of hydrogen-bond acceptors (Lipinski definition) is 1. The zero-order chi connectivity index (χ0) is 17.3. The summed E-state index contributed by atoms with van der Waals surface area (Å²) in [6.07, 6.45) is 0. The molecule has 124 valence electrons. The number of fused-ring (bicyclic) bond motifs is 1. The van der Waals surface area contributed by atoms with E-state index in [1.54, 1.807) is 11.0 Å². The maximum absolute atomic E-state index is 13.4. The molecule has 1 amide bonds. The monoisotopic (exact) mass is 324 g/mol. The van der Waals surface area contributed by atoms with Gasteiger partial charge in [-0.15, -0.1) is 0 Å².